The molecule has 0 radical (unpaired) electrons. The van der Waals surface area contributed by atoms with Crippen LogP contribution in [0.3, 0.4) is 0 Å². The Hall–Kier alpha value is -4.00. The summed E-state index contributed by atoms with van der Waals surface area (Å²) in [5, 5.41) is 12.0. The summed E-state index contributed by atoms with van der Waals surface area (Å²) in [4.78, 5) is 37.9. The van der Waals surface area contributed by atoms with Gasteiger partial charge in [-0.3, -0.25) is 9.59 Å². The number of carbonyl (C=O) groups excluding carboxylic acids is 2. The molecule has 232 valence electrons. The second-order valence-electron chi connectivity index (χ2n) is 9.58. The lowest BCUT2D eigenvalue weighted by atomic mass is 10.0. The maximum atomic E-state index is 13.4. The number of amides is 2. The quantitative estimate of drug-likeness (QED) is 0.171. The van der Waals surface area contributed by atoms with Crippen LogP contribution < -0.4 is 11.1 Å². The number of carboxylic acids is 1. The normalized spacial score (nSPS) is 10.8. The van der Waals surface area contributed by atoms with Crippen LogP contribution in [-0.2, 0) is 29.0 Å². The molecule has 0 aliphatic rings. The number of aliphatic carboxylic acids is 1. The van der Waals surface area contributed by atoms with E-state index in [1.165, 1.54) is 4.88 Å². The number of hydrogen-bond donors (Lipinski definition) is 3. The fourth-order valence-corrected chi connectivity index (χ4v) is 5.27. The second kappa shape index (κ2) is 16.7. The van der Waals surface area contributed by atoms with Gasteiger partial charge in [0.05, 0.1) is 6.42 Å². The van der Waals surface area contributed by atoms with Crippen LogP contribution >= 0.6 is 27.3 Å². The predicted molar refractivity (Wildman–Crippen MR) is 168 cm³/mol. The first kappa shape index (κ1) is 34.5. The minimum absolute atomic E-state index is 0.0960. The van der Waals surface area contributed by atoms with Crippen LogP contribution in [0.5, 0.6) is 0 Å². The molecule has 0 bridgehead atoms. The number of alkyl halides is 3. The largest absolute Gasteiger partial charge is 0.490 e. The standard InChI is InChI=1S/C30H30BrN3O2S.C2HF3O2/c31-27-10-2-5-22(18-27)19-29(35)34(15-12-28-11-4-16-37-28)21-23-6-1-7-24(17-23)25-8-3-9-26(20-25)30(36)33-14-13-32;3-2(4,5)1(6)7/h1-11,16-18,20H,12-15,19,21,32H2,(H,33,36);(H,6,7). The third-order valence-electron chi connectivity index (χ3n) is 6.24. The van der Waals surface area contributed by atoms with E-state index in [1.807, 2.05) is 71.6 Å². The molecular weight excluding hydrogens is 659 g/mol. The summed E-state index contributed by atoms with van der Waals surface area (Å²) in [7, 11) is 0. The molecule has 0 saturated heterocycles. The van der Waals surface area contributed by atoms with E-state index in [0.29, 0.717) is 38.2 Å². The van der Waals surface area contributed by atoms with Crippen molar-refractivity contribution in [3.8, 4) is 11.1 Å². The smallest absolute Gasteiger partial charge is 0.475 e. The Morgan fingerprint density at radius 2 is 1.57 bits per heavy atom. The molecule has 0 aliphatic carbocycles. The Morgan fingerprint density at radius 1 is 0.909 bits per heavy atom. The number of halogens is 4. The first-order valence-electron chi connectivity index (χ1n) is 13.5. The number of carboxylic acid groups (broad SMARTS) is 1. The van der Waals surface area contributed by atoms with Gasteiger partial charge in [-0.15, -0.1) is 11.3 Å². The van der Waals surface area contributed by atoms with Crippen LogP contribution in [0, 0.1) is 0 Å². The number of nitrogens with one attached hydrogen (secondary N) is 1. The lowest BCUT2D eigenvalue weighted by Gasteiger charge is -2.23. The molecule has 1 aromatic heterocycles. The molecule has 4 rings (SSSR count). The molecule has 7 nitrogen and oxygen atoms in total. The van der Waals surface area contributed by atoms with Crippen molar-refractivity contribution in [2.24, 2.45) is 5.73 Å². The van der Waals surface area contributed by atoms with E-state index in [0.717, 1.165) is 33.1 Å². The summed E-state index contributed by atoms with van der Waals surface area (Å²) in [6.45, 7) is 2.00. The topological polar surface area (TPSA) is 113 Å². The average molecular weight is 691 g/mol. The Kier molecular flexibility index (Phi) is 13.1. The SMILES string of the molecule is NCCNC(=O)c1cccc(-c2cccc(CN(CCc3cccs3)C(=O)Cc3cccc(Br)c3)c2)c1.O=C(O)C(F)(F)F. The van der Waals surface area contributed by atoms with Crippen LogP contribution in [0.25, 0.3) is 11.1 Å². The zero-order valence-corrected chi connectivity index (χ0v) is 25.9. The molecule has 0 spiro atoms. The third-order valence-corrected chi connectivity index (χ3v) is 7.67. The zero-order valence-electron chi connectivity index (χ0n) is 23.5. The van der Waals surface area contributed by atoms with E-state index in [2.05, 4.69) is 38.8 Å². The van der Waals surface area contributed by atoms with Crippen molar-refractivity contribution in [1.29, 1.82) is 0 Å². The van der Waals surface area contributed by atoms with E-state index < -0.39 is 12.1 Å². The number of hydrogen-bond acceptors (Lipinski definition) is 5. The molecule has 0 saturated carbocycles. The van der Waals surface area contributed by atoms with Gasteiger partial charge in [-0.1, -0.05) is 64.5 Å². The average Bonchev–Trinajstić information content (AvgIpc) is 3.52. The van der Waals surface area contributed by atoms with E-state index in [9.17, 15) is 22.8 Å². The number of nitrogens with two attached hydrogens (primary N) is 1. The Morgan fingerprint density at radius 3 is 2.20 bits per heavy atom. The first-order chi connectivity index (χ1) is 21.0. The van der Waals surface area contributed by atoms with Crippen molar-refractivity contribution >= 4 is 45.1 Å². The van der Waals surface area contributed by atoms with Gasteiger partial charge in [-0.2, -0.15) is 13.2 Å². The molecule has 4 aromatic rings. The number of rotatable bonds is 11. The van der Waals surface area contributed by atoms with E-state index in [1.54, 1.807) is 17.4 Å². The van der Waals surface area contributed by atoms with Crippen molar-refractivity contribution in [2.75, 3.05) is 19.6 Å². The first-order valence-corrected chi connectivity index (χ1v) is 15.2. The molecule has 2 amide bonds. The van der Waals surface area contributed by atoms with Crippen molar-refractivity contribution < 1.29 is 32.7 Å². The fraction of sp³-hybridized carbons (Fsp3) is 0.219. The van der Waals surface area contributed by atoms with Crippen molar-refractivity contribution in [2.45, 2.75) is 25.6 Å². The number of benzene rings is 3. The van der Waals surface area contributed by atoms with E-state index >= 15 is 0 Å². The van der Waals surface area contributed by atoms with Gasteiger partial charge in [0.15, 0.2) is 0 Å². The van der Waals surface area contributed by atoms with Gasteiger partial charge in [-0.25, -0.2) is 4.79 Å². The highest BCUT2D eigenvalue weighted by Crippen LogP contribution is 2.23. The molecule has 0 atom stereocenters. The summed E-state index contributed by atoms with van der Waals surface area (Å²) in [5.74, 6) is -2.80. The van der Waals surface area contributed by atoms with Crippen LogP contribution in [-0.4, -0.2) is 53.6 Å². The molecule has 44 heavy (non-hydrogen) atoms. The van der Waals surface area contributed by atoms with Gasteiger partial charge < -0.3 is 21.1 Å². The number of nitrogens with zero attached hydrogens (tertiary/aromatic N) is 1. The van der Waals surface area contributed by atoms with Gasteiger partial charge in [-0.05, 0) is 70.5 Å². The lowest BCUT2D eigenvalue weighted by molar-refractivity contribution is -0.192. The van der Waals surface area contributed by atoms with Crippen LogP contribution in [0.2, 0.25) is 0 Å². The summed E-state index contributed by atoms with van der Waals surface area (Å²) in [6.07, 6.45) is -3.91. The molecule has 3 aromatic carbocycles. The van der Waals surface area contributed by atoms with Crippen LogP contribution in [0.1, 0.15) is 26.4 Å². The van der Waals surface area contributed by atoms with Crippen molar-refractivity contribution in [3.63, 3.8) is 0 Å². The van der Waals surface area contributed by atoms with E-state index in [4.69, 9.17) is 15.6 Å². The molecule has 4 N–H and O–H groups in total. The fourth-order valence-electron chi connectivity index (χ4n) is 4.12. The van der Waals surface area contributed by atoms with Crippen molar-refractivity contribution in [1.82, 2.24) is 10.2 Å². The lowest BCUT2D eigenvalue weighted by Crippen LogP contribution is -2.33. The summed E-state index contributed by atoms with van der Waals surface area (Å²) in [6, 6.07) is 27.8. The van der Waals surface area contributed by atoms with Gasteiger partial charge >= 0.3 is 12.1 Å². The summed E-state index contributed by atoms with van der Waals surface area (Å²) in [5.41, 5.74) is 10.1. The summed E-state index contributed by atoms with van der Waals surface area (Å²) >= 11 is 5.22. The molecule has 0 aliphatic heterocycles. The predicted octanol–water partition coefficient (Wildman–Crippen LogP) is 6.31. The summed E-state index contributed by atoms with van der Waals surface area (Å²) < 4.78 is 32.7. The minimum Gasteiger partial charge on any atom is -0.475 e. The molecule has 12 heteroatoms. The molecule has 0 unspecified atom stereocenters. The molecule has 1 heterocycles. The third kappa shape index (κ3) is 11.3. The van der Waals surface area contributed by atoms with Gasteiger partial charge in [0.25, 0.3) is 5.91 Å². The Labute approximate surface area is 265 Å². The maximum Gasteiger partial charge on any atom is 0.490 e. The van der Waals surface area contributed by atoms with Crippen LogP contribution in [0.4, 0.5) is 13.2 Å². The van der Waals surface area contributed by atoms with E-state index in [-0.39, 0.29) is 11.8 Å². The Bertz CT molecular complexity index is 1550. The van der Waals surface area contributed by atoms with Gasteiger partial charge in [0.1, 0.15) is 0 Å². The highest BCUT2D eigenvalue weighted by molar-refractivity contribution is 9.10. The highest BCUT2D eigenvalue weighted by Gasteiger charge is 2.38. The minimum atomic E-state index is -5.08. The monoisotopic (exact) mass is 689 g/mol. The van der Waals surface area contributed by atoms with Gasteiger partial charge in [0, 0.05) is 41.1 Å². The van der Waals surface area contributed by atoms with Gasteiger partial charge in [0.2, 0.25) is 5.91 Å². The van der Waals surface area contributed by atoms with Crippen LogP contribution in [0.15, 0.2) is 94.8 Å². The molecular formula is C32H31BrF3N3O4S. The zero-order chi connectivity index (χ0) is 32.1. The van der Waals surface area contributed by atoms with Crippen molar-refractivity contribution in [3.05, 3.63) is 116 Å². The molecule has 0 fully saturated rings. The number of carbonyl (C=O) groups is 3. The highest BCUT2D eigenvalue weighted by atomic mass is 79.9. The second-order valence-corrected chi connectivity index (χ2v) is 11.5. The number of thiophene rings is 1. The Balaban J connectivity index is 0.000000676. The maximum absolute atomic E-state index is 13.4.